The fourth-order valence-electron chi connectivity index (χ4n) is 2.81. The van der Waals surface area contributed by atoms with E-state index in [1.54, 1.807) is 24.3 Å². The summed E-state index contributed by atoms with van der Waals surface area (Å²) >= 11 is 0. The molecule has 0 saturated heterocycles. The van der Waals surface area contributed by atoms with Gasteiger partial charge in [-0.25, -0.2) is 0 Å². The van der Waals surface area contributed by atoms with Crippen LogP contribution < -0.4 is 10.6 Å². The quantitative estimate of drug-likeness (QED) is 0.591. The van der Waals surface area contributed by atoms with Crippen molar-refractivity contribution in [1.82, 2.24) is 5.32 Å². The molecule has 0 aliphatic carbocycles. The Labute approximate surface area is 163 Å². The SMILES string of the molecule is CC(C)c1ccc(NC(=O)C(=O)NCC(C)(O)c2cc3ccccc3o2)cc1. The predicted molar refractivity (Wildman–Crippen MR) is 108 cm³/mol. The molecule has 0 bridgehead atoms. The normalized spacial score (nSPS) is 13.3. The second-order valence-corrected chi connectivity index (χ2v) is 7.34. The Morgan fingerprint density at radius 3 is 2.39 bits per heavy atom. The van der Waals surface area contributed by atoms with E-state index < -0.39 is 17.4 Å². The molecule has 0 fully saturated rings. The molecule has 1 aromatic heterocycles. The van der Waals surface area contributed by atoms with Crippen LogP contribution in [0.25, 0.3) is 11.0 Å². The van der Waals surface area contributed by atoms with Gasteiger partial charge in [-0.2, -0.15) is 0 Å². The minimum absolute atomic E-state index is 0.161. The third kappa shape index (κ3) is 4.40. The molecule has 0 aliphatic rings. The molecule has 3 aromatic rings. The number of rotatable bonds is 5. The lowest BCUT2D eigenvalue weighted by Crippen LogP contribution is -2.43. The van der Waals surface area contributed by atoms with E-state index in [1.807, 2.05) is 30.3 Å². The third-order valence-corrected chi connectivity index (χ3v) is 4.59. The van der Waals surface area contributed by atoms with Gasteiger partial charge < -0.3 is 20.2 Å². The smallest absolute Gasteiger partial charge is 0.313 e. The number of nitrogens with one attached hydrogen (secondary N) is 2. The first-order chi connectivity index (χ1) is 13.3. The van der Waals surface area contributed by atoms with Gasteiger partial charge in [0.1, 0.15) is 16.9 Å². The summed E-state index contributed by atoms with van der Waals surface area (Å²) in [5.41, 5.74) is 0.873. The summed E-state index contributed by atoms with van der Waals surface area (Å²) in [5.74, 6) is -0.922. The van der Waals surface area contributed by atoms with Crippen molar-refractivity contribution < 1.29 is 19.1 Å². The Morgan fingerprint density at radius 1 is 1.07 bits per heavy atom. The number of amides is 2. The number of hydrogen-bond acceptors (Lipinski definition) is 4. The van der Waals surface area contributed by atoms with Crippen LogP contribution in [0, 0.1) is 0 Å². The van der Waals surface area contributed by atoms with Gasteiger partial charge in [-0.1, -0.05) is 44.2 Å². The molecule has 3 rings (SSSR count). The largest absolute Gasteiger partial charge is 0.458 e. The lowest BCUT2D eigenvalue weighted by Gasteiger charge is -2.21. The van der Waals surface area contributed by atoms with Crippen LogP contribution in [0.3, 0.4) is 0 Å². The Kier molecular flexibility index (Phi) is 5.51. The summed E-state index contributed by atoms with van der Waals surface area (Å²) in [4.78, 5) is 24.2. The zero-order chi connectivity index (χ0) is 20.3. The van der Waals surface area contributed by atoms with Gasteiger partial charge in [0, 0.05) is 11.1 Å². The number of furan rings is 1. The second kappa shape index (κ2) is 7.86. The summed E-state index contributed by atoms with van der Waals surface area (Å²) in [5, 5.41) is 16.5. The monoisotopic (exact) mass is 380 g/mol. The van der Waals surface area contributed by atoms with E-state index >= 15 is 0 Å². The number of benzene rings is 2. The summed E-state index contributed by atoms with van der Waals surface area (Å²) < 4.78 is 5.65. The van der Waals surface area contributed by atoms with Crippen LogP contribution >= 0.6 is 0 Å². The van der Waals surface area contributed by atoms with E-state index in [2.05, 4.69) is 24.5 Å². The minimum Gasteiger partial charge on any atom is -0.458 e. The highest BCUT2D eigenvalue weighted by Crippen LogP contribution is 2.27. The topological polar surface area (TPSA) is 91.6 Å². The van der Waals surface area contributed by atoms with Gasteiger partial charge in [0.25, 0.3) is 0 Å². The maximum atomic E-state index is 12.1. The average Bonchev–Trinajstić information content (AvgIpc) is 3.12. The number of carbonyl (C=O) groups is 2. The van der Waals surface area contributed by atoms with E-state index in [9.17, 15) is 14.7 Å². The van der Waals surface area contributed by atoms with Crippen molar-refractivity contribution in [2.75, 3.05) is 11.9 Å². The van der Waals surface area contributed by atoms with E-state index in [1.165, 1.54) is 6.92 Å². The third-order valence-electron chi connectivity index (χ3n) is 4.59. The first kappa shape index (κ1) is 19.6. The fourth-order valence-corrected chi connectivity index (χ4v) is 2.81. The van der Waals surface area contributed by atoms with Gasteiger partial charge in [0.15, 0.2) is 0 Å². The van der Waals surface area contributed by atoms with E-state index in [-0.39, 0.29) is 6.54 Å². The van der Waals surface area contributed by atoms with Gasteiger partial charge in [-0.3, -0.25) is 9.59 Å². The van der Waals surface area contributed by atoms with Crippen molar-refractivity contribution in [3.8, 4) is 0 Å². The average molecular weight is 380 g/mol. The molecule has 2 amide bonds. The van der Waals surface area contributed by atoms with Crippen molar-refractivity contribution in [2.24, 2.45) is 0 Å². The Hall–Kier alpha value is -3.12. The summed E-state index contributed by atoms with van der Waals surface area (Å²) in [6.07, 6.45) is 0. The lowest BCUT2D eigenvalue weighted by atomic mass is 10.0. The molecule has 1 heterocycles. The molecule has 146 valence electrons. The highest BCUT2D eigenvalue weighted by atomic mass is 16.4. The lowest BCUT2D eigenvalue weighted by molar-refractivity contribution is -0.136. The van der Waals surface area contributed by atoms with Crippen LogP contribution in [0.2, 0.25) is 0 Å². The van der Waals surface area contributed by atoms with Crippen LogP contribution in [0.1, 0.15) is 38.0 Å². The highest BCUT2D eigenvalue weighted by Gasteiger charge is 2.29. The second-order valence-electron chi connectivity index (χ2n) is 7.34. The first-order valence-electron chi connectivity index (χ1n) is 9.17. The van der Waals surface area contributed by atoms with E-state index in [0.717, 1.165) is 10.9 Å². The Balaban J connectivity index is 1.59. The summed E-state index contributed by atoms with van der Waals surface area (Å²) in [6, 6.07) is 16.4. The molecule has 0 spiro atoms. The van der Waals surface area contributed by atoms with Crippen molar-refractivity contribution >= 4 is 28.5 Å². The van der Waals surface area contributed by atoms with Gasteiger partial charge in [-0.15, -0.1) is 0 Å². The van der Waals surface area contributed by atoms with E-state index in [0.29, 0.717) is 22.9 Å². The maximum absolute atomic E-state index is 12.1. The molecular weight excluding hydrogens is 356 g/mol. The van der Waals surface area contributed by atoms with Crippen molar-refractivity contribution in [3.63, 3.8) is 0 Å². The van der Waals surface area contributed by atoms with Crippen LogP contribution in [0.5, 0.6) is 0 Å². The van der Waals surface area contributed by atoms with Crippen molar-refractivity contribution in [3.05, 3.63) is 65.9 Å². The first-order valence-corrected chi connectivity index (χ1v) is 9.17. The number of aliphatic hydroxyl groups is 1. The molecule has 6 nitrogen and oxygen atoms in total. The number of anilines is 1. The summed E-state index contributed by atoms with van der Waals surface area (Å²) in [6.45, 7) is 5.52. The molecular formula is C22H24N2O4. The van der Waals surface area contributed by atoms with Gasteiger partial charge in [-0.05, 0) is 42.7 Å². The van der Waals surface area contributed by atoms with Crippen molar-refractivity contribution in [1.29, 1.82) is 0 Å². The molecule has 2 aromatic carbocycles. The van der Waals surface area contributed by atoms with Crippen LogP contribution in [-0.4, -0.2) is 23.5 Å². The zero-order valence-corrected chi connectivity index (χ0v) is 16.2. The molecule has 6 heteroatoms. The molecule has 0 aliphatic heterocycles. The number of hydrogen-bond donors (Lipinski definition) is 3. The molecule has 28 heavy (non-hydrogen) atoms. The molecule has 1 unspecified atom stereocenters. The van der Waals surface area contributed by atoms with Crippen molar-refractivity contribution in [2.45, 2.75) is 32.3 Å². The molecule has 3 N–H and O–H groups in total. The fraction of sp³-hybridized carbons (Fsp3) is 0.273. The van der Waals surface area contributed by atoms with Crippen LogP contribution in [-0.2, 0) is 15.2 Å². The molecule has 0 saturated carbocycles. The van der Waals surface area contributed by atoms with Crippen LogP contribution in [0.15, 0.2) is 59.0 Å². The minimum atomic E-state index is -1.45. The van der Waals surface area contributed by atoms with Gasteiger partial charge in [0.05, 0.1) is 6.54 Å². The maximum Gasteiger partial charge on any atom is 0.313 e. The Morgan fingerprint density at radius 2 is 1.75 bits per heavy atom. The standard InChI is InChI=1S/C22H24N2O4/c1-14(2)15-8-10-17(11-9-15)24-21(26)20(25)23-13-22(3,27)19-12-16-6-4-5-7-18(16)28-19/h4-12,14,27H,13H2,1-3H3,(H,23,25)(H,24,26). The van der Waals surface area contributed by atoms with Gasteiger partial charge in [0.2, 0.25) is 0 Å². The summed E-state index contributed by atoms with van der Waals surface area (Å²) in [7, 11) is 0. The zero-order valence-electron chi connectivity index (χ0n) is 16.2. The number of para-hydroxylation sites is 1. The highest BCUT2D eigenvalue weighted by molar-refractivity contribution is 6.39. The number of carbonyl (C=O) groups excluding carboxylic acids is 2. The van der Waals surface area contributed by atoms with Crippen LogP contribution in [0.4, 0.5) is 5.69 Å². The van der Waals surface area contributed by atoms with E-state index in [4.69, 9.17) is 4.42 Å². The molecule has 1 atom stereocenters. The Bertz CT molecular complexity index is 954. The molecule has 0 radical (unpaired) electrons. The van der Waals surface area contributed by atoms with Gasteiger partial charge >= 0.3 is 11.8 Å². The number of fused-ring (bicyclic) bond motifs is 1. The predicted octanol–water partition coefficient (Wildman–Crippen LogP) is 3.52.